The van der Waals surface area contributed by atoms with Crippen molar-refractivity contribution in [3.05, 3.63) is 64.7 Å². The Morgan fingerprint density at radius 3 is 2.54 bits per heavy atom. The molecule has 26 heavy (non-hydrogen) atoms. The van der Waals surface area contributed by atoms with Crippen molar-refractivity contribution >= 4 is 12.2 Å². The molecule has 0 aliphatic rings. The molecule has 1 aromatic heterocycles. The lowest BCUT2D eigenvalue weighted by Gasteiger charge is -2.16. The van der Waals surface area contributed by atoms with Crippen molar-refractivity contribution in [2.24, 2.45) is 7.05 Å². The first-order valence-electron chi connectivity index (χ1n) is 8.20. The summed E-state index contributed by atoms with van der Waals surface area (Å²) in [5.74, 6) is 1.27. The smallest absolute Gasteiger partial charge is 0.199 e. The molecule has 1 heterocycles. The van der Waals surface area contributed by atoms with Crippen molar-refractivity contribution in [3.63, 3.8) is 0 Å². The van der Waals surface area contributed by atoms with Gasteiger partial charge in [0, 0.05) is 13.6 Å². The SMILES string of the molecule is COc1ccccc1-c1nn(CN(C)Cc2ccc(F)cc2)c(=S)n1C. The number of ether oxygens (including phenoxy) is 1. The van der Waals surface area contributed by atoms with Crippen LogP contribution in [0, 0.1) is 10.6 Å². The number of aromatic nitrogens is 3. The lowest BCUT2D eigenvalue weighted by Crippen LogP contribution is -2.22. The maximum atomic E-state index is 13.0. The lowest BCUT2D eigenvalue weighted by atomic mass is 10.2. The van der Waals surface area contributed by atoms with Crippen molar-refractivity contribution in [2.45, 2.75) is 13.2 Å². The molecule has 3 aromatic rings. The quantitative estimate of drug-likeness (QED) is 0.616. The van der Waals surface area contributed by atoms with E-state index in [2.05, 4.69) is 10.00 Å². The summed E-state index contributed by atoms with van der Waals surface area (Å²) in [7, 11) is 5.51. The number of methoxy groups -OCH3 is 1. The highest BCUT2D eigenvalue weighted by Gasteiger charge is 2.14. The van der Waals surface area contributed by atoms with Crippen molar-refractivity contribution in [1.29, 1.82) is 0 Å². The van der Waals surface area contributed by atoms with Gasteiger partial charge in [0.25, 0.3) is 0 Å². The van der Waals surface area contributed by atoms with Gasteiger partial charge in [-0.15, -0.1) is 0 Å². The van der Waals surface area contributed by atoms with E-state index in [1.54, 1.807) is 23.9 Å². The predicted octanol–water partition coefficient (Wildman–Crippen LogP) is 3.86. The Morgan fingerprint density at radius 1 is 1.15 bits per heavy atom. The number of rotatable bonds is 6. The fourth-order valence-corrected chi connectivity index (χ4v) is 3.01. The molecule has 0 fully saturated rings. The van der Waals surface area contributed by atoms with E-state index in [1.165, 1.54) is 12.1 Å². The molecule has 0 unspecified atom stereocenters. The summed E-state index contributed by atoms with van der Waals surface area (Å²) >= 11 is 5.54. The highest BCUT2D eigenvalue weighted by Crippen LogP contribution is 2.28. The van der Waals surface area contributed by atoms with Gasteiger partial charge in [-0.3, -0.25) is 4.90 Å². The van der Waals surface area contributed by atoms with E-state index in [0.29, 0.717) is 18.0 Å². The molecule has 3 rings (SSSR count). The molecule has 0 aliphatic heterocycles. The zero-order valence-electron chi connectivity index (χ0n) is 15.0. The Kier molecular flexibility index (Phi) is 5.49. The molecule has 7 heteroatoms. The van der Waals surface area contributed by atoms with Crippen molar-refractivity contribution in [2.75, 3.05) is 14.2 Å². The highest BCUT2D eigenvalue weighted by atomic mass is 32.1. The summed E-state index contributed by atoms with van der Waals surface area (Å²) < 4.78 is 22.7. The van der Waals surface area contributed by atoms with Crippen LogP contribution in [0.4, 0.5) is 4.39 Å². The first-order chi connectivity index (χ1) is 12.5. The molecule has 5 nitrogen and oxygen atoms in total. The van der Waals surface area contributed by atoms with E-state index in [1.807, 2.05) is 42.9 Å². The highest BCUT2D eigenvalue weighted by molar-refractivity contribution is 7.71. The average molecular weight is 372 g/mol. The second-order valence-electron chi connectivity index (χ2n) is 6.15. The second-order valence-corrected chi connectivity index (χ2v) is 6.51. The van der Waals surface area contributed by atoms with E-state index in [0.717, 1.165) is 22.7 Å². The molecule has 0 radical (unpaired) electrons. The van der Waals surface area contributed by atoms with Gasteiger partial charge in [0.2, 0.25) is 0 Å². The monoisotopic (exact) mass is 372 g/mol. The third-order valence-electron chi connectivity index (χ3n) is 4.13. The summed E-state index contributed by atoms with van der Waals surface area (Å²) in [6.45, 7) is 1.20. The van der Waals surface area contributed by atoms with Gasteiger partial charge in [0.15, 0.2) is 10.6 Å². The third-order valence-corrected chi connectivity index (χ3v) is 4.61. The van der Waals surface area contributed by atoms with Crippen LogP contribution in [0.1, 0.15) is 5.56 Å². The van der Waals surface area contributed by atoms with Crippen LogP contribution in [0.3, 0.4) is 0 Å². The van der Waals surface area contributed by atoms with Gasteiger partial charge in [-0.25, -0.2) is 9.07 Å². The van der Waals surface area contributed by atoms with Crippen LogP contribution in [-0.2, 0) is 20.3 Å². The number of hydrogen-bond acceptors (Lipinski definition) is 4. The topological polar surface area (TPSA) is 35.2 Å². The normalized spacial score (nSPS) is 11.1. The van der Waals surface area contributed by atoms with Gasteiger partial charge < -0.3 is 9.30 Å². The third kappa shape index (κ3) is 3.84. The fourth-order valence-electron chi connectivity index (χ4n) is 2.82. The first-order valence-corrected chi connectivity index (χ1v) is 8.60. The van der Waals surface area contributed by atoms with Gasteiger partial charge in [-0.2, -0.15) is 5.10 Å². The molecular formula is C19H21FN4OS. The van der Waals surface area contributed by atoms with Gasteiger partial charge in [-0.1, -0.05) is 24.3 Å². The van der Waals surface area contributed by atoms with E-state index >= 15 is 0 Å². The minimum absolute atomic E-state index is 0.232. The van der Waals surface area contributed by atoms with Gasteiger partial charge in [0.05, 0.1) is 19.3 Å². The molecule has 0 N–H and O–H groups in total. The molecule has 0 bridgehead atoms. The van der Waals surface area contributed by atoms with Crippen molar-refractivity contribution in [1.82, 2.24) is 19.2 Å². The minimum Gasteiger partial charge on any atom is -0.496 e. The Labute approximate surface area is 157 Å². The average Bonchev–Trinajstić information content (AvgIpc) is 2.92. The Hall–Kier alpha value is -2.51. The van der Waals surface area contributed by atoms with Crippen LogP contribution in [0.2, 0.25) is 0 Å². The fraction of sp³-hybridized carbons (Fsp3) is 0.263. The zero-order chi connectivity index (χ0) is 18.7. The summed E-state index contributed by atoms with van der Waals surface area (Å²) in [5, 5.41) is 4.68. The van der Waals surface area contributed by atoms with Crippen LogP contribution in [0.15, 0.2) is 48.5 Å². The van der Waals surface area contributed by atoms with Crippen LogP contribution >= 0.6 is 12.2 Å². The number of hydrogen-bond donors (Lipinski definition) is 0. The summed E-state index contributed by atoms with van der Waals surface area (Å²) in [4.78, 5) is 2.07. The van der Waals surface area contributed by atoms with Crippen LogP contribution in [0.5, 0.6) is 5.75 Å². The molecule has 0 saturated carbocycles. The van der Waals surface area contributed by atoms with Crippen molar-refractivity contribution in [3.8, 4) is 17.1 Å². The molecular weight excluding hydrogens is 351 g/mol. The number of para-hydroxylation sites is 1. The molecule has 136 valence electrons. The van der Waals surface area contributed by atoms with E-state index in [9.17, 15) is 4.39 Å². The minimum atomic E-state index is -0.232. The molecule has 0 aliphatic carbocycles. The summed E-state index contributed by atoms with van der Waals surface area (Å²) in [5.41, 5.74) is 1.92. The number of halogens is 1. The first kappa shape index (κ1) is 18.3. The summed E-state index contributed by atoms with van der Waals surface area (Å²) in [6.07, 6.45) is 0. The Morgan fingerprint density at radius 2 is 1.85 bits per heavy atom. The summed E-state index contributed by atoms with van der Waals surface area (Å²) in [6, 6.07) is 14.2. The number of nitrogens with zero attached hydrogens (tertiary/aromatic N) is 4. The van der Waals surface area contributed by atoms with Crippen LogP contribution in [-0.4, -0.2) is 33.4 Å². The van der Waals surface area contributed by atoms with E-state index in [4.69, 9.17) is 17.0 Å². The van der Waals surface area contributed by atoms with Gasteiger partial charge in [0.1, 0.15) is 11.6 Å². The standard InChI is InChI=1S/C19H21FN4OS/c1-22(12-14-8-10-15(20)11-9-14)13-24-19(26)23(2)18(21-24)16-6-4-5-7-17(16)25-3/h4-11H,12-13H2,1-3H3. The van der Waals surface area contributed by atoms with Crippen molar-refractivity contribution < 1.29 is 9.13 Å². The Balaban J connectivity index is 1.83. The second kappa shape index (κ2) is 7.80. The number of benzene rings is 2. The predicted molar refractivity (Wildman–Crippen MR) is 102 cm³/mol. The molecule has 0 spiro atoms. The molecule has 0 amide bonds. The van der Waals surface area contributed by atoms with E-state index < -0.39 is 0 Å². The zero-order valence-corrected chi connectivity index (χ0v) is 15.8. The lowest BCUT2D eigenvalue weighted by molar-refractivity contribution is 0.244. The van der Waals surface area contributed by atoms with E-state index in [-0.39, 0.29) is 5.82 Å². The largest absolute Gasteiger partial charge is 0.496 e. The maximum Gasteiger partial charge on any atom is 0.199 e. The molecule has 2 aromatic carbocycles. The van der Waals surface area contributed by atoms with Gasteiger partial charge in [-0.05, 0) is 49.1 Å². The van der Waals surface area contributed by atoms with Gasteiger partial charge >= 0.3 is 0 Å². The van der Waals surface area contributed by atoms with Crippen LogP contribution < -0.4 is 4.74 Å². The maximum absolute atomic E-state index is 13.0. The van der Waals surface area contributed by atoms with Crippen LogP contribution in [0.25, 0.3) is 11.4 Å². The molecule has 0 saturated heterocycles. The Bertz CT molecular complexity index is 949. The molecule has 0 atom stereocenters.